The predicted molar refractivity (Wildman–Crippen MR) is 92.4 cm³/mol. The first-order chi connectivity index (χ1) is 12.0. The molecule has 0 radical (unpaired) electrons. The van der Waals surface area contributed by atoms with Crippen molar-refractivity contribution in [3.05, 3.63) is 29.8 Å². The molecule has 2 aliphatic heterocycles. The molecule has 2 heterocycles. The predicted octanol–water partition coefficient (Wildman–Crippen LogP) is 1.44. The summed E-state index contributed by atoms with van der Waals surface area (Å²) < 4.78 is 5.00. The number of anilines is 1. The van der Waals surface area contributed by atoms with Gasteiger partial charge in [0.2, 0.25) is 11.8 Å². The van der Waals surface area contributed by atoms with E-state index in [1.165, 1.54) is 0 Å². The average molecular weight is 345 g/mol. The molecule has 7 nitrogen and oxygen atoms in total. The van der Waals surface area contributed by atoms with Crippen LogP contribution >= 0.6 is 0 Å². The van der Waals surface area contributed by atoms with Crippen molar-refractivity contribution >= 4 is 23.6 Å². The highest BCUT2D eigenvalue weighted by molar-refractivity contribution is 6.02. The van der Waals surface area contributed by atoms with Gasteiger partial charge in [-0.1, -0.05) is 18.2 Å². The molecule has 1 aromatic rings. The van der Waals surface area contributed by atoms with Gasteiger partial charge in [-0.2, -0.15) is 0 Å². The summed E-state index contributed by atoms with van der Waals surface area (Å²) in [6, 6.07) is 7.54. The van der Waals surface area contributed by atoms with Crippen LogP contribution in [0.4, 0.5) is 10.5 Å². The number of ether oxygens (including phenoxy) is 1. The van der Waals surface area contributed by atoms with Crippen LogP contribution in [0.5, 0.6) is 0 Å². The number of nitrogens with zero attached hydrogens (tertiary/aromatic N) is 3. The van der Waals surface area contributed by atoms with Gasteiger partial charge >= 0.3 is 6.09 Å². The van der Waals surface area contributed by atoms with E-state index in [4.69, 9.17) is 4.74 Å². The molecule has 3 rings (SSSR count). The lowest BCUT2D eigenvalue weighted by atomic mass is 9.88. The average Bonchev–Trinajstić information content (AvgIpc) is 2.64. The van der Waals surface area contributed by atoms with Gasteiger partial charge < -0.3 is 19.4 Å². The van der Waals surface area contributed by atoms with Gasteiger partial charge in [-0.25, -0.2) is 4.79 Å². The Kier molecular flexibility index (Phi) is 4.92. The first-order valence-electron chi connectivity index (χ1n) is 8.59. The van der Waals surface area contributed by atoms with Gasteiger partial charge in [0.05, 0.1) is 12.5 Å². The number of para-hydroxylation sites is 1. The molecule has 2 aliphatic rings. The fourth-order valence-corrected chi connectivity index (χ4v) is 3.41. The maximum Gasteiger partial charge on any atom is 0.409 e. The van der Waals surface area contributed by atoms with Crippen molar-refractivity contribution in [2.24, 2.45) is 0 Å². The second-order valence-electron chi connectivity index (χ2n) is 6.28. The van der Waals surface area contributed by atoms with Crippen molar-refractivity contribution < 1.29 is 19.1 Å². The summed E-state index contributed by atoms with van der Waals surface area (Å²) in [5, 5.41) is 0. The first kappa shape index (κ1) is 17.3. The lowest BCUT2D eigenvalue weighted by Crippen LogP contribution is -2.52. The van der Waals surface area contributed by atoms with Crippen LogP contribution in [0.1, 0.15) is 24.8 Å². The Morgan fingerprint density at radius 2 is 1.76 bits per heavy atom. The number of fused-ring (bicyclic) bond motifs is 1. The van der Waals surface area contributed by atoms with Crippen molar-refractivity contribution in [3.8, 4) is 0 Å². The number of hydrogen-bond acceptors (Lipinski definition) is 4. The molecule has 1 fully saturated rings. The number of piperazine rings is 1. The summed E-state index contributed by atoms with van der Waals surface area (Å²) in [4.78, 5) is 42.0. The lowest BCUT2D eigenvalue weighted by molar-refractivity contribution is -0.136. The summed E-state index contributed by atoms with van der Waals surface area (Å²) >= 11 is 0. The fraction of sp³-hybridized carbons (Fsp3) is 0.500. The van der Waals surface area contributed by atoms with Gasteiger partial charge in [0, 0.05) is 45.3 Å². The molecule has 1 saturated heterocycles. The topological polar surface area (TPSA) is 70.2 Å². The molecule has 0 saturated carbocycles. The lowest BCUT2D eigenvalue weighted by Gasteiger charge is -2.38. The van der Waals surface area contributed by atoms with E-state index in [1.54, 1.807) is 28.7 Å². The summed E-state index contributed by atoms with van der Waals surface area (Å²) in [7, 11) is 1.74. The van der Waals surface area contributed by atoms with E-state index in [-0.39, 0.29) is 24.3 Å². The third-order valence-electron chi connectivity index (χ3n) is 4.84. The van der Waals surface area contributed by atoms with E-state index in [9.17, 15) is 14.4 Å². The molecule has 0 aromatic heterocycles. The number of hydrogen-bond donors (Lipinski definition) is 0. The summed E-state index contributed by atoms with van der Waals surface area (Å²) in [5.41, 5.74) is 1.68. The van der Waals surface area contributed by atoms with Crippen LogP contribution in [0, 0.1) is 0 Å². The normalized spacial score (nSPS) is 20.3. The molecular formula is C18H23N3O4. The molecule has 7 heteroatoms. The van der Waals surface area contributed by atoms with Crippen molar-refractivity contribution in [1.82, 2.24) is 9.80 Å². The number of carbonyl (C=O) groups is 3. The van der Waals surface area contributed by atoms with E-state index in [0.29, 0.717) is 32.8 Å². The van der Waals surface area contributed by atoms with Gasteiger partial charge in [0.25, 0.3) is 0 Å². The Morgan fingerprint density at radius 1 is 1.12 bits per heavy atom. The standard InChI is InChI=1S/C18H23N3O4/c1-3-25-18(24)21-10-8-20(9-11-21)17(23)14-12-16(22)19(2)15-7-5-4-6-13(14)15/h4-7,14H,3,8-12H2,1-2H3. The van der Waals surface area contributed by atoms with E-state index in [0.717, 1.165) is 11.3 Å². The van der Waals surface area contributed by atoms with Gasteiger partial charge in [-0.05, 0) is 18.6 Å². The van der Waals surface area contributed by atoms with Crippen LogP contribution in [0.15, 0.2) is 24.3 Å². The number of carbonyl (C=O) groups excluding carboxylic acids is 3. The van der Waals surface area contributed by atoms with Crippen molar-refractivity contribution in [3.63, 3.8) is 0 Å². The van der Waals surface area contributed by atoms with Crippen LogP contribution in [0.3, 0.4) is 0 Å². The molecule has 25 heavy (non-hydrogen) atoms. The van der Waals surface area contributed by atoms with Crippen molar-refractivity contribution in [2.45, 2.75) is 19.3 Å². The number of benzene rings is 1. The molecule has 1 aromatic carbocycles. The summed E-state index contributed by atoms with van der Waals surface area (Å²) in [5.74, 6) is -0.548. The Labute approximate surface area is 147 Å². The molecule has 0 bridgehead atoms. The van der Waals surface area contributed by atoms with E-state index in [1.807, 2.05) is 24.3 Å². The highest BCUT2D eigenvalue weighted by Crippen LogP contribution is 2.36. The Hall–Kier alpha value is -2.57. The van der Waals surface area contributed by atoms with E-state index < -0.39 is 5.92 Å². The molecular weight excluding hydrogens is 322 g/mol. The highest BCUT2D eigenvalue weighted by Gasteiger charge is 2.37. The monoisotopic (exact) mass is 345 g/mol. The van der Waals surface area contributed by atoms with Gasteiger partial charge in [0.15, 0.2) is 0 Å². The smallest absolute Gasteiger partial charge is 0.409 e. The second kappa shape index (κ2) is 7.13. The number of rotatable bonds is 2. The maximum absolute atomic E-state index is 13.0. The molecule has 0 spiro atoms. The van der Waals surface area contributed by atoms with Crippen LogP contribution < -0.4 is 4.90 Å². The highest BCUT2D eigenvalue weighted by atomic mass is 16.6. The Bertz CT molecular complexity index is 683. The molecule has 0 N–H and O–H groups in total. The van der Waals surface area contributed by atoms with E-state index >= 15 is 0 Å². The largest absolute Gasteiger partial charge is 0.450 e. The minimum absolute atomic E-state index is 0.0441. The van der Waals surface area contributed by atoms with Gasteiger partial charge in [-0.15, -0.1) is 0 Å². The van der Waals surface area contributed by atoms with Gasteiger partial charge in [-0.3, -0.25) is 9.59 Å². The zero-order valence-corrected chi connectivity index (χ0v) is 14.6. The molecule has 134 valence electrons. The molecule has 0 aliphatic carbocycles. The zero-order chi connectivity index (χ0) is 18.0. The molecule has 3 amide bonds. The van der Waals surface area contributed by atoms with Crippen molar-refractivity contribution in [2.75, 3.05) is 44.7 Å². The minimum Gasteiger partial charge on any atom is -0.450 e. The molecule has 1 atom stereocenters. The Morgan fingerprint density at radius 3 is 2.44 bits per heavy atom. The van der Waals surface area contributed by atoms with E-state index in [2.05, 4.69) is 0 Å². The van der Waals surface area contributed by atoms with Crippen LogP contribution in [-0.2, 0) is 14.3 Å². The summed E-state index contributed by atoms with van der Waals surface area (Å²) in [6.07, 6.45) is -0.154. The SMILES string of the molecule is CCOC(=O)N1CCN(C(=O)C2CC(=O)N(C)c3ccccc32)CC1. The second-order valence-corrected chi connectivity index (χ2v) is 6.28. The fourth-order valence-electron chi connectivity index (χ4n) is 3.41. The minimum atomic E-state index is -0.450. The maximum atomic E-state index is 13.0. The quantitative estimate of drug-likeness (QED) is 0.813. The number of amides is 3. The van der Waals surface area contributed by atoms with Crippen LogP contribution in [0.25, 0.3) is 0 Å². The Balaban J connectivity index is 1.71. The van der Waals surface area contributed by atoms with Crippen LogP contribution in [-0.4, -0.2) is 67.5 Å². The molecule has 1 unspecified atom stereocenters. The third-order valence-corrected chi connectivity index (χ3v) is 4.84. The van der Waals surface area contributed by atoms with Crippen LogP contribution in [0.2, 0.25) is 0 Å². The third kappa shape index (κ3) is 3.31. The van der Waals surface area contributed by atoms with Gasteiger partial charge in [0.1, 0.15) is 0 Å². The first-order valence-corrected chi connectivity index (χ1v) is 8.59. The van der Waals surface area contributed by atoms with Crippen molar-refractivity contribution in [1.29, 1.82) is 0 Å². The summed E-state index contributed by atoms with van der Waals surface area (Å²) in [6.45, 7) is 3.93. The zero-order valence-electron chi connectivity index (χ0n) is 14.6.